The molecule has 0 amide bonds. The summed E-state index contributed by atoms with van der Waals surface area (Å²) in [6.45, 7) is 3.73. The van der Waals surface area contributed by atoms with Crippen LogP contribution >= 0.6 is 0 Å². The number of ether oxygens (including phenoxy) is 1. The molecule has 1 aliphatic carbocycles. The van der Waals surface area contributed by atoms with E-state index in [0.717, 1.165) is 13.2 Å². The van der Waals surface area contributed by atoms with Crippen LogP contribution in [0.4, 0.5) is 0 Å². The number of rotatable bonds is 2. The number of amidine groups is 1. The molecule has 0 aromatic carbocycles. The van der Waals surface area contributed by atoms with Crippen LogP contribution in [0.3, 0.4) is 0 Å². The maximum absolute atomic E-state index is 7.48. The summed E-state index contributed by atoms with van der Waals surface area (Å²) in [5.41, 5.74) is 5.55. The van der Waals surface area contributed by atoms with E-state index >= 15 is 0 Å². The Morgan fingerprint density at radius 3 is 3.07 bits per heavy atom. The lowest BCUT2D eigenvalue weighted by Crippen LogP contribution is -2.55. The van der Waals surface area contributed by atoms with Gasteiger partial charge in [0.15, 0.2) is 0 Å². The Hall–Kier alpha value is -0.610. The van der Waals surface area contributed by atoms with Gasteiger partial charge in [0.2, 0.25) is 0 Å². The molecule has 80 valence electrons. The second-order valence-corrected chi connectivity index (χ2v) is 4.28. The number of hydrogen-bond donors (Lipinski definition) is 2. The van der Waals surface area contributed by atoms with E-state index in [9.17, 15) is 0 Å². The number of fused-ring (bicyclic) bond motifs is 1. The molecule has 2 aliphatic rings. The van der Waals surface area contributed by atoms with E-state index in [4.69, 9.17) is 15.9 Å². The normalized spacial score (nSPS) is 35.2. The fourth-order valence-electron chi connectivity index (χ4n) is 2.62. The maximum Gasteiger partial charge on any atom is 0.108 e. The molecular formula is C10H19N3O. The topological polar surface area (TPSA) is 62.3 Å². The van der Waals surface area contributed by atoms with Gasteiger partial charge in [-0.1, -0.05) is 0 Å². The molecule has 4 heteroatoms. The minimum atomic E-state index is 0.0736. The van der Waals surface area contributed by atoms with Crippen molar-refractivity contribution in [3.05, 3.63) is 0 Å². The van der Waals surface area contributed by atoms with Crippen LogP contribution < -0.4 is 5.73 Å². The number of morpholine rings is 1. The van der Waals surface area contributed by atoms with E-state index in [2.05, 4.69) is 4.90 Å². The standard InChI is InChI=1S/C10H19N3O/c1-7(10(11)12)13-5-6-14-9-4-2-3-8(9)13/h7-9H,2-6H2,1H3,(H3,11,12). The van der Waals surface area contributed by atoms with Crippen molar-refractivity contribution < 1.29 is 4.74 Å². The summed E-state index contributed by atoms with van der Waals surface area (Å²) in [6.07, 6.45) is 4.01. The third-order valence-electron chi connectivity index (χ3n) is 3.47. The Bertz CT molecular complexity index is 231. The summed E-state index contributed by atoms with van der Waals surface area (Å²) in [6, 6.07) is 0.576. The molecule has 3 atom stereocenters. The Balaban J connectivity index is 2.06. The molecule has 3 N–H and O–H groups in total. The lowest BCUT2D eigenvalue weighted by atomic mass is 10.1. The summed E-state index contributed by atoms with van der Waals surface area (Å²) < 4.78 is 5.71. The predicted molar refractivity (Wildman–Crippen MR) is 55.5 cm³/mol. The van der Waals surface area contributed by atoms with Crippen molar-refractivity contribution in [1.82, 2.24) is 4.90 Å². The van der Waals surface area contributed by atoms with Crippen LogP contribution in [0.25, 0.3) is 0 Å². The minimum Gasteiger partial charge on any atom is -0.386 e. The molecule has 3 unspecified atom stereocenters. The molecule has 14 heavy (non-hydrogen) atoms. The van der Waals surface area contributed by atoms with Gasteiger partial charge in [-0.3, -0.25) is 10.3 Å². The van der Waals surface area contributed by atoms with Crippen molar-refractivity contribution in [3.63, 3.8) is 0 Å². The van der Waals surface area contributed by atoms with E-state index in [-0.39, 0.29) is 11.9 Å². The van der Waals surface area contributed by atoms with E-state index in [0.29, 0.717) is 12.1 Å². The van der Waals surface area contributed by atoms with Gasteiger partial charge >= 0.3 is 0 Å². The van der Waals surface area contributed by atoms with Crippen molar-refractivity contribution >= 4 is 5.84 Å². The van der Waals surface area contributed by atoms with Crippen LogP contribution in [0.1, 0.15) is 26.2 Å². The second-order valence-electron chi connectivity index (χ2n) is 4.28. The average Bonchev–Trinajstić information content (AvgIpc) is 2.63. The molecule has 1 saturated heterocycles. The number of nitrogens with one attached hydrogen (secondary N) is 1. The molecule has 0 bridgehead atoms. The van der Waals surface area contributed by atoms with Crippen LogP contribution in [0.15, 0.2) is 0 Å². The lowest BCUT2D eigenvalue weighted by molar-refractivity contribution is -0.0607. The molecular weight excluding hydrogens is 178 g/mol. The van der Waals surface area contributed by atoms with E-state index in [1.807, 2.05) is 6.92 Å². The van der Waals surface area contributed by atoms with Gasteiger partial charge in [0.05, 0.1) is 18.8 Å². The first-order valence-corrected chi connectivity index (χ1v) is 5.41. The van der Waals surface area contributed by atoms with Gasteiger partial charge in [-0.05, 0) is 26.2 Å². The first-order chi connectivity index (χ1) is 6.70. The Morgan fingerprint density at radius 2 is 2.36 bits per heavy atom. The molecule has 1 heterocycles. The van der Waals surface area contributed by atoms with Crippen molar-refractivity contribution in [3.8, 4) is 0 Å². The second kappa shape index (κ2) is 3.87. The molecule has 0 radical (unpaired) electrons. The highest BCUT2D eigenvalue weighted by molar-refractivity contribution is 5.82. The Kier molecular flexibility index (Phi) is 2.74. The quantitative estimate of drug-likeness (QED) is 0.502. The zero-order valence-corrected chi connectivity index (χ0v) is 8.70. The Labute approximate surface area is 84.9 Å². The van der Waals surface area contributed by atoms with Crippen LogP contribution in [-0.4, -0.2) is 42.1 Å². The maximum atomic E-state index is 7.48. The van der Waals surface area contributed by atoms with Crippen LogP contribution in [0.5, 0.6) is 0 Å². The largest absolute Gasteiger partial charge is 0.386 e. The lowest BCUT2D eigenvalue weighted by Gasteiger charge is -2.40. The zero-order valence-electron chi connectivity index (χ0n) is 8.70. The molecule has 0 spiro atoms. The summed E-state index contributed by atoms with van der Waals surface area (Å²) in [7, 11) is 0. The third-order valence-corrected chi connectivity index (χ3v) is 3.47. The van der Waals surface area contributed by atoms with Gasteiger partial charge in [-0.15, -0.1) is 0 Å². The van der Waals surface area contributed by atoms with Gasteiger partial charge in [0.1, 0.15) is 5.84 Å². The first-order valence-electron chi connectivity index (χ1n) is 5.41. The van der Waals surface area contributed by atoms with Crippen LogP contribution in [0, 0.1) is 5.41 Å². The average molecular weight is 197 g/mol. The zero-order chi connectivity index (χ0) is 10.1. The molecule has 1 saturated carbocycles. The molecule has 0 aromatic heterocycles. The number of nitrogens with two attached hydrogens (primary N) is 1. The molecule has 2 fully saturated rings. The summed E-state index contributed by atoms with van der Waals surface area (Å²) in [5, 5.41) is 7.48. The van der Waals surface area contributed by atoms with Gasteiger partial charge in [-0.2, -0.15) is 0 Å². The van der Waals surface area contributed by atoms with Crippen molar-refractivity contribution in [1.29, 1.82) is 5.41 Å². The number of nitrogens with zero attached hydrogens (tertiary/aromatic N) is 1. The first kappa shape index (κ1) is 9.93. The van der Waals surface area contributed by atoms with Gasteiger partial charge < -0.3 is 10.5 Å². The summed E-state index contributed by atoms with van der Waals surface area (Å²) in [5.74, 6) is 0.276. The van der Waals surface area contributed by atoms with E-state index < -0.39 is 0 Å². The highest BCUT2D eigenvalue weighted by atomic mass is 16.5. The fraction of sp³-hybridized carbons (Fsp3) is 0.900. The minimum absolute atomic E-state index is 0.0736. The van der Waals surface area contributed by atoms with Crippen LogP contribution in [0.2, 0.25) is 0 Å². The highest BCUT2D eigenvalue weighted by Crippen LogP contribution is 2.30. The van der Waals surface area contributed by atoms with Crippen molar-refractivity contribution in [2.45, 2.75) is 44.4 Å². The molecule has 2 rings (SSSR count). The van der Waals surface area contributed by atoms with E-state index in [1.54, 1.807) is 0 Å². The highest BCUT2D eigenvalue weighted by Gasteiger charge is 2.38. The number of hydrogen-bond acceptors (Lipinski definition) is 3. The monoisotopic (exact) mass is 197 g/mol. The van der Waals surface area contributed by atoms with Crippen molar-refractivity contribution in [2.24, 2.45) is 5.73 Å². The van der Waals surface area contributed by atoms with Crippen LogP contribution in [-0.2, 0) is 4.74 Å². The molecule has 1 aliphatic heterocycles. The van der Waals surface area contributed by atoms with E-state index in [1.165, 1.54) is 19.3 Å². The smallest absolute Gasteiger partial charge is 0.108 e. The van der Waals surface area contributed by atoms with Gasteiger partial charge in [0.25, 0.3) is 0 Å². The predicted octanol–water partition coefficient (Wildman–Crippen LogP) is 0.564. The van der Waals surface area contributed by atoms with Gasteiger partial charge in [0, 0.05) is 12.6 Å². The Morgan fingerprint density at radius 1 is 1.57 bits per heavy atom. The van der Waals surface area contributed by atoms with Gasteiger partial charge in [-0.25, -0.2) is 0 Å². The SMILES string of the molecule is CC(C(=N)N)N1CCOC2CCCC21. The molecule has 0 aromatic rings. The summed E-state index contributed by atoms with van der Waals surface area (Å²) >= 11 is 0. The fourth-order valence-corrected chi connectivity index (χ4v) is 2.62. The third kappa shape index (κ3) is 1.64. The van der Waals surface area contributed by atoms with Crippen molar-refractivity contribution in [2.75, 3.05) is 13.2 Å². The molecule has 4 nitrogen and oxygen atoms in total. The summed E-state index contributed by atoms with van der Waals surface area (Å²) in [4.78, 5) is 2.34.